The number of hydrogen-bond acceptors (Lipinski definition) is 4. The van der Waals surface area contributed by atoms with Crippen molar-refractivity contribution >= 4 is 22.7 Å². The molecule has 0 unspecified atom stereocenters. The fraction of sp³-hybridized carbons (Fsp3) is 0.231. The summed E-state index contributed by atoms with van der Waals surface area (Å²) in [5.41, 5.74) is 0.954. The topological polar surface area (TPSA) is 29.5 Å². The molecule has 0 saturated heterocycles. The second-order valence-electron chi connectivity index (χ2n) is 3.29. The lowest BCUT2D eigenvalue weighted by atomic mass is 10.2. The lowest BCUT2D eigenvalue weighted by molar-refractivity contribution is 0.111. The van der Waals surface area contributed by atoms with Crippen LogP contribution in [0.4, 0.5) is 0 Å². The summed E-state index contributed by atoms with van der Waals surface area (Å²) >= 11 is 3.33. The minimum atomic E-state index is -0.106. The first-order valence-corrected chi connectivity index (χ1v) is 6.92. The van der Waals surface area contributed by atoms with Gasteiger partial charge in [0.25, 0.3) is 0 Å². The lowest BCUT2D eigenvalue weighted by Gasteiger charge is -2.01. The lowest BCUT2D eigenvalue weighted by Crippen LogP contribution is -1.92. The standard InChI is InChI=1S/C13H12O2S2/c14-6-1-3-11-5-8-17-13(11)10-15-9-12-4-2-7-16-12/h2,4-5,7-8,14H,6,9-10H2. The van der Waals surface area contributed by atoms with Gasteiger partial charge in [0.1, 0.15) is 6.61 Å². The van der Waals surface area contributed by atoms with Gasteiger partial charge in [0.15, 0.2) is 0 Å². The van der Waals surface area contributed by atoms with Crippen LogP contribution in [0.3, 0.4) is 0 Å². The van der Waals surface area contributed by atoms with Gasteiger partial charge in [-0.2, -0.15) is 0 Å². The molecule has 2 nitrogen and oxygen atoms in total. The zero-order valence-corrected chi connectivity index (χ0v) is 10.8. The summed E-state index contributed by atoms with van der Waals surface area (Å²) in [4.78, 5) is 2.34. The normalized spacial score (nSPS) is 9.94. The molecule has 1 N–H and O–H groups in total. The predicted octanol–water partition coefficient (Wildman–Crippen LogP) is 2.87. The highest BCUT2D eigenvalue weighted by atomic mass is 32.1. The molecule has 0 aliphatic rings. The summed E-state index contributed by atoms with van der Waals surface area (Å²) < 4.78 is 5.63. The van der Waals surface area contributed by atoms with Crippen LogP contribution in [0.25, 0.3) is 0 Å². The molecule has 0 fully saturated rings. The molecule has 0 amide bonds. The fourth-order valence-electron chi connectivity index (χ4n) is 1.34. The minimum Gasteiger partial charge on any atom is -0.384 e. The number of ether oxygens (including phenoxy) is 1. The van der Waals surface area contributed by atoms with E-state index in [0.29, 0.717) is 13.2 Å². The number of rotatable bonds is 4. The van der Waals surface area contributed by atoms with Gasteiger partial charge in [-0.3, -0.25) is 0 Å². The molecule has 0 bridgehead atoms. The number of aliphatic hydroxyl groups excluding tert-OH is 1. The van der Waals surface area contributed by atoms with Gasteiger partial charge in [0.2, 0.25) is 0 Å². The molecule has 0 atom stereocenters. The summed E-state index contributed by atoms with van der Waals surface area (Å²) in [6, 6.07) is 6.04. The highest BCUT2D eigenvalue weighted by Crippen LogP contribution is 2.18. The molecule has 88 valence electrons. The third kappa shape index (κ3) is 3.69. The van der Waals surface area contributed by atoms with E-state index in [1.807, 2.05) is 22.9 Å². The van der Waals surface area contributed by atoms with Crippen molar-refractivity contribution in [1.29, 1.82) is 0 Å². The fourth-order valence-corrected chi connectivity index (χ4v) is 2.74. The average Bonchev–Trinajstić information content (AvgIpc) is 2.98. The Morgan fingerprint density at radius 1 is 1.18 bits per heavy atom. The molecule has 0 radical (unpaired) electrons. The molecule has 0 aliphatic carbocycles. The maximum atomic E-state index is 8.66. The predicted molar refractivity (Wildman–Crippen MR) is 71.1 cm³/mol. The van der Waals surface area contributed by atoms with Gasteiger partial charge in [-0.25, -0.2) is 0 Å². The van der Waals surface area contributed by atoms with E-state index in [4.69, 9.17) is 9.84 Å². The van der Waals surface area contributed by atoms with Gasteiger partial charge >= 0.3 is 0 Å². The Kier molecular flexibility index (Phi) is 4.77. The number of aliphatic hydroxyl groups is 1. The van der Waals surface area contributed by atoms with E-state index in [1.165, 1.54) is 4.88 Å². The Bertz CT molecular complexity index is 503. The Morgan fingerprint density at radius 2 is 2.12 bits per heavy atom. The van der Waals surface area contributed by atoms with Crippen molar-refractivity contribution in [1.82, 2.24) is 0 Å². The molecule has 0 aliphatic heterocycles. The summed E-state index contributed by atoms with van der Waals surface area (Å²) in [5, 5.41) is 12.7. The average molecular weight is 264 g/mol. The maximum Gasteiger partial charge on any atom is 0.104 e. The largest absolute Gasteiger partial charge is 0.384 e. The van der Waals surface area contributed by atoms with E-state index in [9.17, 15) is 0 Å². The third-order valence-electron chi connectivity index (χ3n) is 2.11. The summed E-state index contributed by atoms with van der Waals surface area (Å²) in [6.45, 7) is 1.11. The third-order valence-corrected chi connectivity index (χ3v) is 3.85. The van der Waals surface area contributed by atoms with Crippen LogP contribution < -0.4 is 0 Å². The van der Waals surface area contributed by atoms with Crippen molar-refractivity contribution in [2.24, 2.45) is 0 Å². The van der Waals surface area contributed by atoms with E-state index < -0.39 is 0 Å². The second-order valence-corrected chi connectivity index (χ2v) is 5.32. The zero-order valence-electron chi connectivity index (χ0n) is 9.18. The molecular weight excluding hydrogens is 252 g/mol. The molecule has 0 aromatic carbocycles. The summed E-state index contributed by atoms with van der Waals surface area (Å²) in [6.07, 6.45) is 0. The molecule has 2 heterocycles. The highest BCUT2D eigenvalue weighted by molar-refractivity contribution is 7.10. The molecule has 0 saturated carbocycles. The van der Waals surface area contributed by atoms with Gasteiger partial charge in [0, 0.05) is 15.3 Å². The van der Waals surface area contributed by atoms with Gasteiger partial charge in [-0.15, -0.1) is 22.7 Å². The number of thiophene rings is 2. The molecule has 4 heteroatoms. The van der Waals surface area contributed by atoms with Crippen molar-refractivity contribution in [2.75, 3.05) is 6.61 Å². The molecule has 2 aromatic heterocycles. The minimum absolute atomic E-state index is 0.106. The van der Waals surface area contributed by atoms with Crippen LogP contribution in [0, 0.1) is 11.8 Å². The van der Waals surface area contributed by atoms with Crippen LogP contribution in [0.5, 0.6) is 0 Å². The van der Waals surface area contributed by atoms with Crippen molar-refractivity contribution in [2.45, 2.75) is 13.2 Å². The Labute approximate surface area is 109 Å². The Hall–Kier alpha value is -1.12. The first-order chi connectivity index (χ1) is 8.40. The van der Waals surface area contributed by atoms with E-state index in [2.05, 4.69) is 17.9 Å². The van der Waals surface area contributed by atoms with Crippen LogP contribution in [0.1, 0.15) is 15.3 Å². The van der Waals surface area contributed by atoms with Crippen LogP contribution >= 0.6 is 22.7 Å². The zero-order chi connectivity index (χ0) is 11.9. The van der Waals surface area contributed by atoms with Gasteiger partial charge in [-0.05, 0) is 22.9 Å². The summed E-state index contributed by atoms with van der Waals surface area (Å²) in [5.74, 6) is 5.57. The van der Waals surface area contributed by atoms with Gasteiger partial charge in [0.05, 0.1) is 13.2 Å². The molecular formula is C13H12O2S2. The van der Waals surface area contributed by atoms with E-state index >= 15 is 0 Å². The molecule has 0 spiro atoms. The van der Waals surface area contributed by atoms with E-state index in [-0.39, 0.29) is 6.61 Å². The quantitative estimate of drug-likeness (QED) is 0.860. The first kappa shape index (κ1) is 12.3. The summed E-state index contributed by atoms with van der Waals surface area (Å²) in [7, 11) is 0. The van der Waals surface area contributed by atoms with Crippen LogP contribution in [-0.2, 0) is 18.0 Å². The second kappa shape index (κ2) is 6.58. The molecule has 2 rings (SSSR count). The van der Waals surface area contributed by atoms with Crippen LogP contribution in [0.15, 0.2) is 29.0 Å². The van der Waals surface area contributed by atoms with Crippen molar-refractivity contribution in [3.63, 3.8) is 0 Å². The van der Waals surface area contributed by atoms with Gasteiger partial charge < -0.3 is 9.84 Å². The smallest absolute Gasteiger partial charge is 0.104 e. The maximum absolute atomic E-state index is 8.66. The number of hydrogen-bond donors (Lipinski definition) is 1. The SMILES string of the molecule is OCC#Cc1ccsc1COCc1cccs1. The Balaban J connectivity index is 1.88. The highest BCUT2D eigenvalue weighted by Gasteiger charge is 2.02. The van der Waals surface area contributed by atoms with Crippen molar-refractivity contribution in [3.05, 3.63) is 44.3 Å². The van der Waals surface area contributed by atoms with E-state index in [0.717, 1.165) is 10.4 Å². The van der Waals surface area contributed by atoms with Crippen molar-refractivity contribution < 1.29 is 9.84 Å². The van der Waals surface area contributed by atoms with E-state index in [1.54, 1.807) is 22.7 Å². The van der Waals surface area contributed by atoms with Crippen LogP contribution in [0.2, 0.25) is 0 Å². The molecule has 17 heavy (non-hydrogen) atoms. The molecule has 2 aromatic rings. The van der Waals surface area contributed by atoms with Crippen LogP contribution in [-0.4, -0.2) is 11.7 Å². The first-order valence-electron chi connectivity index (χ1n) is 5.16. The van der Waals surface area contributed by atoms with Crippen molar-refractivity contribution in [3.8, 4) is 11.8 Å². The Morgan fingerprint density at radius 3 is 2.88 bits per heavy atom. The monoisotopic (exact) mass is 264 g/mol. The van der Waals surface area contributed by atoms with Gasteiger partial charge in [-0.1, -0.05) is 17.9 Å².